The Bertz CT molecular complexity index is 1110. The zero-order valence-electron chi connectivity index (χ0n) is 18.0. The summed E-state index contributed by atoms with van der Waals surface area (Å²) in [4.78, 5) is 17.5. The Kier molecular flexibility index (Phi) is 7.71. The van der Waals surface area contributed by atoms with Gasteiger partial charge in [-0.3, -0.25) is 0 Å². The molecule has 1 heterocycles. The van der Waals surface area contributed by atoms with Gasteiger partial charge in [-0.05, 0) is 49.4 Å². The zero-order chi connectivity index (χ0) is 23.3. The summed E-state index contributed by atoms with van der Waals surface area (Å²) in [6.07, 6.45) is 1.68. The number of benzene rings is 2. The van der Waals surface area contributed by atoms with Gasteiger partial charge >= 0.3 is 5.97 Å². The van der Waals surface area contributed by atoms with Gasteiger partial charge in [0.25, 0.3) is 0 Å². The first kappa shape index (κ1) is 23.6. The summed E-state index contributed by atoms with van der Waals surface area (Å²) in [6.45, 7) is 1.86. The summed E-state index contributed by atoms with van der Waals surface area (Å²) in [6, 6.07) is 10.3. The number of aliphatic hydroxyl groups excluding tert-OH is 1. The molecule has 2 aromatic carbocycles. The summed E-state index contributed by atoms with van der Waals surface area (Å²) >= 11 is 7.09. The molecule has 3 rings (SSSR count). The van der Waals surface area contributed by atoms with Gasteiger partial charge in [0.05, 0.1) is 38.5 Å². The van der Waals surface area contributed by atoms with E-state index in [1.807, 2.05) is 0 Å². The van der Waals surface area contributed by atoms with E-state index in [0.717, 1.165) is 11.8 Å². The third-order valence-electron chi connectivity index (χ3n) is 4.45. The highest BCUT2D eigenvalue weighted by Crippen LogP contribution is 2.44. The fourth-order valence-corrected chi connectivity index (χ4v) is 4.16. The number of carbonyl (C=O) groups excluding carboxylic acids is 1. The van der Waals surface area contributed by atoms with Crippen molar-refractivity contribution in [1.82, 2.24) is 0 Å². The standard InChI is InChI=1S/C23H22ClNO6S/c1-5-31-23(27)18-19(26)17(32-22(18)25-15-9-7-14(24)8-10-15)12-13-6-11-16(28-2)21(30-4)20(13)29-3/h6-12,26H,5H2,1-4H3/b17-12+,25-22?. The predicted molar refractivity (Wildman–Crippen MR) is 127 cm³/mol. The van der Waals surface area contributed by atoms with Crippen LogP contribution in [-0.4, -0.2) is 44.1 Å². The lowest BCUT2D eigenvalue weighted by Gasteiger charge is -2.14. The second-order valence-electron chi connectivity index (χ2n) is 6.37. The first-order valence-electron chi connectivity index (χ1n) is 9.57. The maximum Gasteiger partial charge on any atom is 0.344 e. The molecule has 0 aromatic heterocycles. The molecule has 0 spiro atoms. The number of hydrogen-bond donors (Lipinski definition) is 1. The normalized spacial score (nSPS) is 15.9. The Morgan fingerprint density at radius 1 is 1.06 bits per heavy atom. The molecule has 9 heteroatoms. The Morgan fingerprint density at radius 2 is 1.75 bits per heavy atom. The highest BCUT2D eigenvalue weighted by Gasteiger charge is 2.33. The van der Waals surface area contributed by atoms with E-state index < -0.39 is 5.97 Å². The maximum absolute atomic E-state index is 12.6. The Morgan fingerprint density at radius 3 is 2.34 bits per heavy atom. The quantitative estimate of drug-likeness (QED) is 0.524. The van der Waals surface area contributed by atoms with Crippen molar-refractivity contribution in [2.45, 2.75) is 6.92 Å². The van der Waals surface area contributed by atoms with E-state index in [4.69, 9.17) is 30.5 Å². The predicted octanol–water partition coefficient (Wildman–Crippen LogP) is 5.56. The van der Waals surface area contributed by atoms with Crippen molar-refractivity contribution in [3.63, 3.8) is 0 Å². The number of nitrogens with zero attached hydrogens (tertiary/aromatic N) is 1. The fraction of sp³-hybridized carbons (Fsp3) is 0.217. The molecule has 0 aliphatic carbocycles. The van der Waals surface area contributed by atoms with Crippen LogP contribution in [0.4, 0.5) is 5.69 Å². The molecule has 0 atom stereocenters. The largest absolute Gasteiger partial charge is 0.506 e. The van der Waals surface area contributed by atoms with Crippen molar-refractivity contribution in [3.8, 4) is 17.2 Å². The Labute approximate surface area is 195 Å². The molecule has 0 radical (unpaired) electrons. The SMILES string of the molecule is CCOC(=O)C1=C(O)/C(=C\c2ccc(OC)c(OC)c2OC)SC1=Nc1ccc(Cl)cc1. The average Bonchev–Trinajstić information content (AvgIpc) is 3.09. The summed E-state index contributed by atoms with van der Waals surface area (Å²) in [5.74, 6) is 0.457. The minimum atomic E-state index is -0.659. The molecular formula is C23H22ClNO6S. The highest BCUT2D eigenvalue weighted by molar-refractivity contribution is 8.18. The smallest absolute Gasteiger partial charge is 0.344 e. The van der Waals surface area contributed by atoms with Crippen LogP contribution in [0.3, 0.4) is 0 Å². The lowest BCUT2D eigenvalue weighted by molar-refractivity contribution is -0.138. The molecule has 168 valence electrons. The van der Waals surface area contributed by atoms with Crippen LogP contribution in [0.5, 0.6) is 17.2 Å². The number of esters is 1. The van der Waals surface area contributed by atoms with Gasteiger partial charge in [0, 0.05) is 10.6 Å². The van der Waals surface area contributed by atoms with E-state index in [-0.39, 0.29) is 17.9 Å². The molecular weight excluding hydrogens is 454 g/mol. The van der Waals surface area contributed by atoms with Crippen molar-refractivity contribution >= 4 is 46.1 Å². The first-order chi connectivity index (χ1) is 15.4. The van der Waals surface area contributed by atoms with Crippen molar-refractivity contribution in [1.29, 1.82) is 0 Å². The van der Waals surface area contributed by atoms with Crippen LogP contribution in [0.1, 0.15) is 12.5 Å². The van der Waals surface area contributed by atoms with Gasteiger partial charge in [0.15, 0.2) is 11.5 Å². The molecule has 2 aromatic rings. The number of rotatable bonds is 7. The average molecular weight is 476 g/mol. The molecule has 0 unspecified atom stereocenters. The van der Waals surface area contributed by atoms with E-state index in [0.29, 0.717) is 43.5 Å². The molecule has 0 bridgehead atoms. The topological polar surface area (TPSA) is 86.6 Å². The molecule has 7 nitrogen and oxygen atoms in total. The number of aliphatic hydroxyl groups is 1. The number of aliphatic imine (C=N–C) groups is 1. The van der Waals surface area contributed by atoms with E-state index in [9.17, 15) is 9.90 Å². The van der Waals surface area contributed by atoms with Crippen LogP contribution in [-0.2, 0) is 9.53 Å². The second-order valence-corrected chi connectivity index (χ2v) is 7.84. The molecule has 1 aliphatic rings. The Balaban J connectivity index is 2.11. The third kappa shape index (κ3) is 4.87. The van der Waals surface area contributed by atoms with Crippen molar-refractivity contribution in [3.05, 3.63) is 63.2 Å². The molecule has 0 amide bonds. The summed E-state index contributed by atoms with van der Waals surface area (Å²) in [5, 5.41) is 11.8. The van der Waals surface area contributed by atoms with Crippen LogP contribution >= 0.6 is 23.4 Å². The van der Waals surface area contributed by atoms with Crippen LogP contribution in [0.15, 0.2) is 57.6 Å². The van der Waals surface area contributed by atoms with Crippen LogP contribution in [0.2, 0.25) is 5.02 Å². The second kappa shape index (κ2) is 10.5. The van der Waals surface area contributed by atoms with Gasteiger partial charge in [-0.15, -0.1) is 0 Å². The number of methoxy groups -OCH3 is 3. The lowest BCUT2D eigenvalue weighted by Crippen LogP contribution is -2.12. The lowest BCUT2D eigenvalue weighted by atomic mass is 10.1. The van der Waals surface area contributed by atoms with Crippen LogP contribution in [0, 0.1) is 0 Å². The van der Waals surface area contributed by atoms with E-state index in [2.05, 4.69) is 4.99 Å². The molecule has 32 heavy (non-hydrogen) atoms. The third-order valence-corrected chi connectivity index (χ3v) is 5.72. The van der Waals surface area contributed by atoms with E-state index >= 15 is 0 Å². The van der Waals surface area contributed by atoms with Gasteiger partial charge in [-0.1, -0.05) is 23.4 Å². The van der Waals surface area contributed by atoms with Crippen molar-refractivity contribution in [2.75, 3.05) is 27.9 Å². The fourth-order valence-electron chi connectivity index (χ4n) is 3.00. The van der Waals surface area contributed by atoms with E-state index in [1.165, 1.54) is 21.3 Å². The monoisotopic (exact) mass is 475 g/mol. The van der Waals surface area contributed by atoms with Gasteiger partial charge < -0.3 is 24.1 Å². The maximum atomic E-state index is 12.6. The summed E-state index contributed by atoms with van der Waals surface area (Å²) in [5.41, 5.74) is 1.20. The molecule has 0 saturated carbocycles. The molecule has 1 aliphatic heterocycles. The highest BCUT2D eigenvalue weighted by atomic mass is 35.5. The van der Waals surface area contributed by atoms with E-state index in [1.54, 1.807) is 49.4 Å². The van der Waals surface area contributed by atoms with Gasteiger partial charge in [-0.25, -0.2) is 9.79 Å². The number of thioether (sulfide) groups is 1. The molecule has 1 N–H and O–H groups in total. The number of hydrogen-bond acceptors (Lipinski definition) is 8. The molecule has 0 fully saturated rings. The number of ether oxygens (including phenoxy) is 4. The first-order valence-corrected chi connectivity index (χ1v) is 10.8. The Hall–Kier alpha value is -3.10. The summed E-state index contributed by atoms with van der Waals surface area (Å²) < 4.78 is 21.4. The van der Waals surface area contributed by atoms with Crippen molar-refractivity contribution < 1.29 is 28.8 Å². The molecule has 0 saturated heterocycles. The minimum absolute atomic E-state index is 0.00232. The zero-order valence-corrected chi connectivity index (χ0v) is 19.5. The summed E-state index contributed by atoms with van der Waals surface area (Å²) in [7, 11) is 4.55. The van der Waals surface area contributed by atoms with Crippen molar-refractivity contribution in [2.24, 2.45) is 4.99 Å². The van der Waals surface area contributed by atoms with Gasteiger partial charge in [0.1, 0.15) is 16.4 Å². The van der Waals surface area contributed by atoms with Gasteiger partial charge in [0.2, 0.25) is 5.75 Å². The van der Waals surface area contributed by atoms with Crippen LogP contribution in [0.25, 0.3) is 6.08 Å². The number of carbonyl (C=O) groups is 1. The van der Waals surface area contributed by atoms with Gasteiger partial charge in [-0.2, -0.15) is 0 Å². The minimum Gasteiger partial charge on any atom is -0.506 e. The number of halogens is 1. The van der Waals surface area contributed by atoms with Crippen LogP contribution < -0.4 is 14.2 Å².